The Morgan fingerprint density at radius 2 is 2.24 bits per heavy atom. The molecule has 1 aromatic rings. The normalized spacial score (nSPS) is 27.9. The van der Waals surface area contributed by atoms with E-state index in [2.05, 4.69) is 10.3 Å². The van der Waals surface area contributed by atoms with Gasteiger partial charge < -0.3 is 14.7 Å². The van der Waals surface area contributed by atoms with Crippen LogP contribution in [0.3, 0.4) is 0 Å². The zero-order valence-corrected chi connectivity index (χ0v) is 10.6. The fourth-order valence-electron chi connectivity index (χ4n) is 2.24. The monoisotopic (exact) mass is 256 g/mol. The van der Waals surface area contributed by atoms with Crippen molar-refractivity contribution < 1.29 is 14.0 Å². The topological polar surface area (TPSA) is 71.5 Å². The molecule has 0 bridgehead atoms. The second kappa shape index (κ2) is 5.27. The molecule has 6 heteroatoms. The van der Waals surface area contributed by atoms with Crippen molar-refractivity contribution in [3.8, 4) is 0 Å². The molecule has 1 fully saturated rings. The van der Waals surface area contributed by atoms with Gasteiger partial charge in [0.1, 0.15) is 0 Å². The molecule has 2 rings (SSSR count). The van der Waals surface area contributed by atoms with Gasteiger partial charge in [-0.2, -0.15) is 0 Å². The highest BCUT2D eigenvalue weighted by Crippen LogP contribution is 2.53. The number of hydrogen-bond acceptors (Lipinski definition) is 4. The zero-order chi connectivity index (χ0) is 12.3. The summed E-state index contributed by atoms with van der Waals surface area (Å²) >= 11 is 0. The number of rotatable bonds is 4. The van der Waals surface area contributed by atoms with Crippen LogP contribution in [0.5, 0.6) is 0 Å². The van der Waals surface area contributed by atoms with E-state index in [1.54, 1.807) is 19.3 Å². The molecule has 0 spiro atoms. The molecule has 1 aliphatic heterocycles. The third-order valence-corrected chi connectivity index (χ3v) is 5.06. The van der Waals surface area contributed by atoms with E-state index in [0.29, 0.717) is 13.1 Å². The van der Waals surface area contributed by atoms with E-state index in [-0.39, 0.29) is 18.2 Å². The molecule has 17 heavy (non-hydrogen) atoms. The Labute approximate surface area is 101 Å². The first-order valence-corrected chi connectivity index (χ1v) is 7.37. The van der Waals surface area contributed by atoms with Gasteiger partial charge in [-0.15, -0.1) is 0 Å². The molecule has 1 saturated heterocycles. The maximum absolute atomic E-state index is 12.1. The first kappa shape index (κ1) is 12.7. The summed E-state index contributed by atoms with van der Waals surface area (Å²) in [6, 6.07) is 3.77. The lowest BCUT2D eigenvalue weighted by atomic mass is 9.99. The van der Waals surface area contributed by atoms with Crippen LogP contribution in [0.15, 0.2) is 24.5 Å². The molecule has 2 heterocycles. The predicted molar refractivity (Wildman–Crippen MR) is 65.1 cm³/mol. The van der Waals surface area contributed by atoms with E-state index in [4.69, 9.17) is 4.52 Å². The van der Waals surface area contributed by atoms with Crippen LogP contribution >= 0.6 is 7.60 Å². The minimum atomic E-state index is -3.54. The molecule has 0 aromatic carbocycles. The molecule has 3 unspecified atom stereocenters. The van der Waals surface area contributed by atoms with E-state index in [0.717, 1.165) is 5.56 Å². The fourth-order valence-corrected chi connectivity index (χ4v) is 3.89. The van der Waals surface area contributed by atoms with Gasteiger partial charge in [0, 0.05) is 31.4 Å². The van der Waals surface area contributed by atoms with E-state index < -0.39 is 7.60 Å². The van der Waals surface area contributed by atoms with Gasteiger partial charge in [0.25, 0.3) is 0 Å². The molecule has 1 aliphatic rings. The van der Waals surface area contributed by atoms with Crippen LogP contribution in [0.1, 0.15) is 18.4 Å². The van der Waals surface area contributed by atoms with Gasteiger partial charge in [-0.1, -0.05) is 0 Å². The smallest absolute Gasteiger partial charge is 0.324 e. The Balaban J connectivity index is 2.21. The van der Waals surface area contributed by atoms with Crippen molar-refractivity contribution in [3.05, 3.63) is 30.1 Å². The lowest BCUT2D eigenvalue weighted by molar-refractivity contribution is 0.263. The summed E-state index contributed by atoms with van der Waals surface area (Å²) in [5.74, 6) is 0.0142. The highest BCUT2D eigenvalue weighted by Gasteiger charge is 2.42. The van der Waals surface area contributed by atoms with Crippen molar-refractivity contribution in [2.75, 3.05) is 19.7 Å². The van der Waals surface area contributed by atoms with Crippen LogP contribution in [0.2, 0.25) is 0 Å². The summed E-state index contributed by atoms with van der Waals surface area (Å²) in [5, 5.41) is 3.15. The number of aromatic nitrogens is 1. The van der Waals surface area contributed by atoms with Crippen LogP contribution in [0.25, 0.3) is 0 Å². The minimum Gasteiger partial charge on any atom is -0.324 e. The van der Waals surface area contributed by atoms with Crippen LogP contribution in [0.4, 0.5) is 0 Å². The van der Waals surface area contributed by atoms with Crippen molar-refractivity contribution in [2.45, 2.75) is 18.5 Å². The van der Waals surface area contributed by atoms with Gasteiger partial charge in [0.15, 0.2) is 0 Å². The van der Waals surface area contributed by atoms with E-state index in [1.165, 1.54) is 0 Å². The highest BCUT2D eigenvalue weighted by molar-refractivity contribution is 7.53. The van der Waals surface area contributed by atoms with E-state index in [9.17, 15) is 9.46 Å². The molecule has 0 radical (unpaired) electrons. The largest absolute Gasteiger partial charge is 0.333 e. The number of nitrogens with zero attached hydrogens (tertiary/aromatic N) is 1. The Hall–Kier alpha value is -0.740. The lowest BCUT2D eigenvalue weighted by Crippen LogP contribution is -2.19. The van der Waals surface area contributed by atoms with Crippen LogP contribution in [-0.2, 0) is 9.09 Å². The number of pyridine rings is 1. The molecule has 94 valence electrons. The van der Waals surface area contributed by atoms with E-state index in [1.807, 2.05) is 12.1 Å². The van der Waals surface area contributed by atoms with E-state index >= 15 is 0 Å². The predicted octanol–water partition coefficient (Wildman–Crippen LogP) is 1.36. The van der Waals surface area contributed by atoms with Crippen molar-refractivity contribution in [2.24, 2.45) is 0 Å². The summed E-state index contributed by atoms with van der Waals surface area (Å²) in [4.78, 5) is 13.9. The zero-order valence-electron chi connectivity index (χ0n) is 9.74. The Kier molecular flexibility index (Phi) is 3.94. The Morgan fingerprint density at radius 1 is 1.53 bits per heavy atom. The first-order valence-electron chi connectivity index (χ1n) is 5.73. The third kappa shape index (κ3) is 2.75. The van der Waals surface area contributed by atoms with Crippen LogP contribution in [-0.4, -0.2) is 35.2 Å². The summed E-state index contributed by atoms with van der Waals surface area (Å²) in [6.07, 6.45) is 3.40. The van der Waals surface area contributed by atoms with Gasteiger partial charge in [-0.3, -0.25) is 9.55 Å². The van der Waals surface area contributed by atoms with Crippen molar-refractivity contribution in [3.63, 3.8) is 0 Å². The average Bonchev–Trinajstić information content (AvgIpc) is 2.79. The van der Waals surface area contributed by atoms with Crippen molar-refractivity contribution in [1.29, 1.82) is 0 Å². The molecule has 1 aromatic heterocycles. The van der Waals surface area contributed by atoms with Crippen molar-refractivity contribution in [1.82, 2.24) is 10.3 Å². The molecular weight excluding hydrogens is 239 g/mol. The first-order chi connectivity index (χ1) is 8.15. The SMILES string of the molecule is CCOP(=O)(O)C1CNCC1c1ccncc1. The molecule has 3 atom stereocenters. The summed E-state index contributed by atoms with van der Waals surface area (Å²) < 4.78 is 17.1. The second-order valence-corrected chi connectivity index (χ2v) is 6.14. The lowest BCUT2D eigenvalue weighted by Gasteiger charge is -2.23. The van der Waals surface area contributed by atoms with Gasteiger partial charge in [-0.05, 0) is 24.6 Å². The summed E-state index contributed by atoms with van der Waals surface area (Å²) in [5.41, 5.74) is 0.661. The maximum atomic E-state index is 12.1. The summed E-state index contributed by atoms with van der Waals surface area (Å²) in [6.45, 7) is 3.20. The molecule has 5 nitrogen and oxygen atoms in total. The average molecular weight is 256 g/mol. The fraction of sp³-hybridized carbons (Fsp3) is 0.545. The Bertz CT molecular complexity index is 412. The van der Waals surface area contributed by atoms with Crippen LogP contribution in [0, 0.1) is 0 Å². The van der Waals surface area contributed by atoms with Crippen molar-refractivity contribution >= 4 is 7.60 Å². The Morgan fingerprint density at radius 3 is 2.88 bits per heavy atom. The highest BCUT2D eigenvalue weighted by atomic mass is 31.2. The molecule has 0 aliphatic carbocycles. The molecule has 0 amide bonds. The van der Waals surface area contributed by atoms with Gasteiger partial charge in [0.2, 0.25) is 0 Å². The third-order valence-electron chi connectivity index (χ3n) is 3.05. The van der Waals surface area contributed by atoms with Crippen LogP contribution < -0.4 is 5.32 Å². The second-order valence-electron chi connectivity index (χ2n) is 4.09. The molecular formula is C11H17N2O3P. The molecule has 2 N–H and O–H groups in total. The quantitative estimate of drug-likeness (QED) is 0.796. The van der Waals surface area contributed by atoms with Gasteiger partial charge in [0.05, 0.1) is 12.3 Å². The minimum absolute atomic E-state index is 0.0142. The van der Waals surface area contributed by atoms with Gasteiger partial charge >= 0.3 is 7.60 Å². The number of nitrogens with one attached hydrogen (secondary N) is 1. The molecule has 0 saturated carbocycles. The summed E-state index contributed by atoms with van der Waals surface area (Å²) in [7, 11) is -3.54. The maximum Gasteiger partial charge on any atom is 0.333 e. The number of hydrogen-bond donors (Lipinski definition) is 2. The van der Waals surface area contributed by atoms with Gasteiger partial charge in [-0.25, -0.2) is 0 Å². The standard InChI is InChI=1S/C11H17N2O3P/c1-2-16-17(14,15)11-8-13-7-10(11)9-3-5-12-6-4-9/h3-6,10-11,13H,2,7-8H2,1H3,(H,14,15).